The third-order valence-electron chi connectivity index (χ3n) is 11.8. The van der Waals surface area contributed by atoms with Crippen LogP contribution < -0.4 is 39.4 Å². The Balaban J connectivity index is 0.000000197. The predicted octanol–water partition coefficient (Wildman–Crippen LogP) is 3.54. The van der Waals surface area contributed by atoms with Crippen molar-refractivity contribution in [1.82, 2.24) is 20.4 Å². The summed E-state index contributed by atoms with van der Waals surface area (Å²) < 4.78 is 63.7. The normalized spacial score (nSPS) is 18.1. The second-order valence-corrected chi connectivity index (χ2v) is 18.5. The van der Waals surface area contributed by atoms with E-state index >= 15 is 0 Å². The van der Waals surface area contributed by atoms with Gasteiger partial charge in [-0.15, -0.1) is 0 Å². The molecule has 9 rings (SSSR count). The van der Waals surface area contributed by atoms with Gasteiger partial charge in [-0.3, -0.25) is 44.1 Å². The summed E-state index contributed by atoms with van der Waals surface area (Å²) in [5, 5.41) is 21.6. The number of nitrogens with zero attached hydrogens (tertiary/aromatic N) is 4. The Morgan fingerprint density at radius 3 is 1.57 bits per heavy atom. The number of cyclic esters (lactones) is 2. The van der Waals surface area contributed by atoms with Crippen LogP contribution in [0.25, 0.3) is 0 Å². The summed E-state index contributed by atoms with van der Waals surface area (Å²) in [6.07, 6.45) is -0.703. The maximum Gasteiger partial charge on any atom is 0.414 e. The zero-order valence-electron chi connectivity index (χ0n) is 39.3. The molecule has 4 amide bonds. The van der Waals surface area contributed by atoms with Gasteiger partial charge in [0, 0.05) is 72.9 Å². The van der Waals surface area contributed by atoms with Gasteiger partial charge in [-0.2, -0.15) is 8.42 Å². The number of carbonyl (C=O) groups is 5. The Bertz CT molecular complexity index is 2820. The maximum atomic E-state index is 12.6. The van der Waals surface area contributed by atoms with Crippen LogP contribution in [0.5, 0.6) is 23.0 Å². The molecular weight excluding hydrogens is 961 g/mol. The van der Waals surface area contributed by atoms with Crippen molar-refractivity contribution in [2.45, 2.75) is 25.6 Å². The molecule has 3 fully saturated rings. The van der Waals surface area contributed by atoms with E-state index in [9.17, 15) is 32.4 Å². The largest absolute Gasteiger partial charge is 0.466 e. The number of piperazine rings is 1. The smallest absolute Gasteiger partial charge is 0.414 e. The van der Waals surface area contributed by atoms with E-state index in [1.54, 1.807) is 90.7 Å². The van der Waals surface area contributed by atoms with Gasteiger partial charge in [-0.25, -0.2) is 9.59 Å². The first-order chi connectivity index (χ1) is 34.6. The lowest BCUT2D eigenvalue weighted by Crippen LogP contribution is -2.49. The van der Waals surface area contributed by atoms with Crippen molar-refractivity contribution in [2.75, 3.05) is 95.2 Å². The number of rotatable bonds is 15. The molecule has 4 aromatic carbocycles. The number of carbonyl (C=O) groups excluding carboxylic acids is 5. The van der Waals surface area contributed by atoms with Crippen LogP contribution in [0.3, 0.4) is 0 Å². The molecule has 2 atom stereocenters. The molecule has 0 bridgehead atoms. The lowest BCUT2D eigenvalue weighted by Gasteiger charge is -2.35. The average molecular weight is 1010 g/mol. The topological polar surface area (TPSA) is 278 Å². The molecule has 0 spiro atoms. The molecule has 0 aliphatic carbocycles. The summed E-state index contributed by atoms with van der Waals surface area (Å²) >= 11 is 0. The Morgan fingerprint density at radius 1 is 0.639 bits per heavy atom. The fraction of sp³-hybridized carbons (Fsp3) is 0.354. The number of benzene rings is 4. The second-order valence-electron chi connectivity index (χ2n) is 16.8. The Labute approximate surface area is 413 Å². The van der Waals surface area contributed by atoms with E-state index in [4.69, 9.17) is 44.0 Å². The lowest BCUT2D eigenvalue weighted by molar-refractivity contribution is -0.143. The summed E-state index contributed by atoms with van der Waals surface area (Å²) in [7, 11) is -3.64. The summed E-state index contributed by atoms with van der Waals surface area (Å²) in [6.45, 7) is 7.41. The molecule has 0 saturated carbocycles. The highest BCUT2D eigenvalue weighted by Crippen LogP contribution is 2.34. The SMILES string of the molecule is CCOC(=O)CCN1CCN(CC2CN(c3ccc(C(=N)NC(=O)c4ccc5c(c4)OCO5)cc3)C(=O)O2)CC1.CS(=O)(=O)OCC1CN(c2ccc(C(=N)NC(=O)c3ccc4c(c3)OCO4)cc2)C(=O)O1. The third-order valence-corrected chi connectivity index (χ3v) is 12.3. The number of amidine groups is 2. The number of fused-ring (bicyclic) bond motifs is 2. The van der Waals surface area contributed by atoms with Crippen LogP contribution >= 0.6 is 0 Å². The van der Waals surface area contributed by atoms with E-state index in [-0.39, 0.29) is 50.5 Å². The van der Waals surface area contributed by atoms with Gasteiger partial charge in [0.25, 0.3) is 21.9 Å². The highest BCUT2D eigenvalue weighted by molar-refractivity contribution is 7.86. The van der Waals surface area contributed by atoms with Crippen LogP contribution in [-0.2, 0) is 33.3 Å². The molecule has 0 radical (unpaired) electrons. The minimum Gasteiger partial charge on any atom is -0.466 e. The number of anilines is 2. The first-order valence-electron chi connectivity index (χ1n) is 22.8. The lowest BCUT2D eigenvalue weighted by atomic mass is 10.1. The summed E-state index contributed by atoms with van der Waals surface area (Å²) in [4.78, 5) is 68.8. The average Bonchev–Trinajstić information content (AvgIpc) is 4.20. The molecule has 2 unspecified atom stereocenters. The molecule has 380 valence electrons. The first kappa shape index (κ1) is 50.6. The number of ether oxygens (including phenoxy) is 7. The quantitative estimate of drug-likeness (QED) is 0.0436. The van der Waals surface area contributed by atoms with Gasteiger partial charge in [-0.05, 0) is 91.9 Å². The third kappa shape index (κ3) is 12.9. The number of hydrogen-bond donors (Lipinski definition) is 4. The van der Waals surface area contributed by atoms with Crippen LogP contribution in [0.2, 0.25) is 0 Å². The molecular formula is C48H52N8O15S. The monoisotopic (exact) mass is 1010 g/mol. The van der Waals surface area contributed by atoms with Gasteiger partial charge in [0.2, 0.25) is 13.6 Å². The fourth-order valence-corrected chi connectivity index (χ4v) is 8.42. The Hall–Kier alpha value is -7.80. The van der Waals surface area contributed by atoms with Crippen LogP contribution in [0.1, 0.15) is 45.2 Å². The van der Waals surface area contributed by atoms with Crippen LogP contribution in [0.4, 0.5) is 21.0 Å². The van der Waals surface area contributed by atoms with Crippen molar-refractivity contribution in [2.24, 2.45) is 0 Å². The van der Waals surface area contributed by atoms with Crippen LogP contribution in [0, 0.1) is 10.8 Å². The van der Waals surface area contributed by atoms with Crippen molar-refractivity contribution in [3.05, 3.63) is 107 Å². The first-order valence-corrected chi connectivity index (χ1v) is 24.6. The number of hydrogen-bond acceptors (Lipinski definition) is 19. The van der Waals surface area contributed by atoms with Crippen LogP contribution in [-0.4, -0.2) is 157 Å². The molecule has 5 aliphatic rings. The highest BCUT2D eigenvalue weighted by Gasteiger charge is 2.35. The highest BCUT2D eigenvalue weighted by atomic mass is 32.2. The molecule has 5 heterocycles. The second kappa shape index (κ2) is 22.5. The van der Waals surface area contributed by atoms with E-state index < -0.39 is 40.2 Å². The van der Waals surface area contributed by atoms with Gasteiger partial charge in [0.1, 0.15) is 30.5 Å². The van der Waals surface area contributed by atoms with Crippen molar-refractivity contribution in [3.8, 4) is 23.0 Å². The number of amides is 4. The van der Waals surface area contributed by atoms with E-state index in [1.807, 2.05) is 0 Å². The summed E-state index contributed by atoms with van der Waals surface area (Å²) in [5.74, 6) is 0.832. The summed E-state index contributed by atoms with van der Waals surface area (Å²) in [5.41, 5.74) is 2.76. The van der Waals surface area contributed by atoms with E-state index in [0.29, 0.717) is 89.3 Å². The van der Waals surface area contributed by atoms with E-state index in [2.05, 4.69) is 24.6 Å². The number of esters is 1. The molecule has 72 heavy (non-hydrogen) atoms. The van der Waals surface area contributed by atoms with E-state index in [1.165, 1.54) is 11.0 Å². The maximum absolute atomic E-state index is 12.6. The van der Waals surface area contributed by atoms with Gasteiger partial charge in [0.05, 0.1) is 32.4 Å². The van der Waals surface area contributed by atoms with Crippen molar-refractivity contribution < 1.29 is 69.7 Å². The van der Waals surface area contributed by atoms with Gasteiger partial charge < -0.3 is 48.7 Å². The van der Waals surface area contributed by atoms with Gasteiger partial charge in [0.15, 0.2) is 23.0 Å². The van der Waals surface area contributed by atoms with Crippen LogP contribution in [0.15, 0.2) is 84.9 Å². The molecule has 3 saturated heterocycles. The van der Waals surface area contributed by atoms with Gasteiger partial charge in [-0.1, -0.05) is 0 Å². The van der Waals surface area contributed by atoms with Crippen molar-refractivity contribution in [1.29, 1.82) is 10.8 Å². The predicted molar refractivity (Wildman–Crippen MR) is 257 cm³/mol. The zero-order valence-corrected chi connectivity index (χ0v) is 40.1. The zero-order chi connectivity index (χ0) is 50.9. The molecule has 4 N–H and O–H groups in total. The molecule has 4 aromatic rings. The minimum atomic E-state index is -3.64. The molecule has 0 aromatic heterocycles. The minimum absolute atomic E-state index is 0.0579. The molecule has 5 aliphatic heterocycles. The number of nitrogens with one attached hydrogen (secondary N) is 4. The molecule has 23 nitrogen and oxygen atoms in total. The van der Waals surface area contributed by atoms with Gasteiger partial charge >= 0.3 is 18.2 Å². The standard InChI is InChI=1S/C28H33N5O7.C20H19N3O8S/c1-2-37-25(34)9-10-31-11-13-32(14-12-31)16-22-17-33(28(36)40-22)21-6-3-19(4-7-21)26(29)30-27(35)20-5-8-23-24(15-20)39-18-38-23;1-32(26,27)30-10-15-9-23(20(25)31-15)14-5-2-12(3-6-14)18(21)22-19(24)13-4-7-16-17(8-13)29-11-28-16/h3-8,15,22H,2,9-14,16-18H2,1H3,(H2,29,30,35);2-8,15H,9-11H2,1H3,(H2,21,22,24). The Kier molecular flexibility index (Phi) is 15.8. The Morgan fingerprint density at radius 2 is 1.08 bits per heavy atom. The van der Waals surface area contributed by atoms with E-state index in [0.717, 1.165) is 32.4 Å². The van der Waals surface area contributed by atoms with Crippen molar-refractivity contribution >= 4 is 63.1 Å². The van der Waals surface area contributed by atoms with Crippen molar-refractivity contribution in [3.63, 3.8) is 0 Å². The fourth-order valence-electron chi connectivity index (χ4n) is 8.02. The molecule has 24 heteroatoms. The summed E-state index contributed by atoms with van der Waals surface area (Å²) in [6, 6.07) is 22.8.